The van der Waals surface area contributed by atoms with Crippen LogP contribution in [0.1, 0.15) is 11.6 Å². The van der Waals surface area contributed by atoms with Crippen LogP contribution in [-0.2, 0) is 4.79 Å². The molecule has 82 valence electrons. The molecule has 0 aromatic heterocycles. The van der Waals surface area contributed by atoms with Gasteiger partial charge in [0.05, 0.1) is 0 Å². The Kier molecular flexibility index (Phi) is 4.17. The molecule has 0 heterocycles. The van der Waals surface area contributed by atoms with E-state index in [4.69, 9.17) is 5.11 Å². The molecule has 0 fully saturated rings. The van der Waals surface area contributed by atoms with Gasteiger partial charge in [0.2, 0.25) is 0 Å². The molecule has 1 rings (SSSR count). The van der Waals surface area contributed by atoms with Gasteiger partial charge in [-0.3, -0.25) is 9.69 Å². The summed E-state index contributed by atoms with van der Waals surface area (Å²) >= 11 is 1.64. The lowest BCUT2D eigenvalue weighted by atomic mass is 10.1. The monoisotopic (exact) mass is 225 g/mol. The third-order valence-electron chi connectivity index (χ3n) is 2.18. The number of carbonyl (C=O) groups is 1. The smallest absolute Gasteiger partial charge is 0.325 e. The summed E-state index contributed by atoms with van der Waals surface area (Å²) in [7, 11) is 3.53. The van der Waals surface area contributed by atoms with Gasteiger partial charge in [0.25, 0.3) is 0 Å². The first kappa shape index (κ1) is 12.1. The van der Waals surface area contributed by atoms with Gasteiger partial charge in [0.15, 0.2) is 0 Å². The molecule has 3 nitrogen and oxygen atoms in total. The van der Waals surface area contributed by atoms with E-state index in [9.17, 15) is 4.79 Å². The van der Waals surface area contributed by atoms with E-state index in [2.05, 4.69) is 0 Å². The Morgan fingerprint density at radius 2 is 1.87 bits per heavy atom. The Bertz CT molecular complexity index is 335. The summed E-state index contributed by atoms with van der Waals surface area (Å²) in [4.78, 5) is 13.9. The molecule has 0 aliphatic rings. The molecule has 0 aliphatic heterocycles. The van der Waals surface area contributed by atoms with Gasteiger partial charge >= 0.3 is 5.97 Å². The number of carboxylic acids is 1. The van der Waals surface area contributed by atoms with Gasteiger partial charge in [-0.15, -0.1) is 11.8 Å². The zero-order valence-corrected chi connectivity index (χ0v) is 9.91. The Balaban J connectivity index is 2.97. The Morgan fingerprint density at radius 1 is 1.33 bits per heavy atom. The van der Waals surface area contributed by atoms with E-state index in [1.807, 2.05) is 30.5 Å². The normalized spacial score (nSPS) is 12.8. The van der Waals surface area contributed by atoms with Crippen LogP contribution in [0.2, 0.25) is 0 Å². The van der Waals surface area contributed by atoms with E-state index in [0.717, 1.165) is 10.5 Å². The first-order valence-corrected chi connectivity index (χ1v) is 5.82. The summed E-state index contributed by atoms with van der Waals surface area (Å²) < 4.78 is 0. The fraction of sp³-hybridized carbons (Fsp3) is 0.364. The number of likely N-dealkylation sites (N-methyl/N-ethyl adjacent to an activating group) is 1. The highest BCUT2D eigenvalue weighted by atomic mass is 32.2. The van der Waals surface area contributed by atoms with Crippen LogP contribution in [0.15, 0.2) is 29.2 Å². The first-order chi connectivity index (χ1) is 7.06. The van der Waals surface area contributed by atoms with Gasteiger partial charge < -0.3 is 5.11 Å². The molecule has 0 spiro atoms. The molecule has 1 atom stereocenters. The van der Waals surface area contributed by atoms with Crippen LogP contribution in [0.3, 0.4) is 0 Å². The average molecular weight is 225 g/mol. The average Bonchev–Trinajstić information content (AvgIpc) is 2.18. The fourth-order valence-corrected chi connectivity index (χ4v) is 1.86. The van der Waals surface area contributed by atoms with Crippen molar-refractivity contribution in [3.8, 4) is 0 Å². The van der Waals surface area contributed by atoms with Crippen molar-refractivity contribution in [2.75, 3.05) is 20.4 Å². The molecule has 1 unspecified atom stereocenters. The molecule has 15 heavy (non-hydrogen) atoms. The number of hydrogen-bond acceptors (Lipinski definition) is 3. The maximum Gasteiger partial charge on any atom is 0.325 e. The van der Waals surface area contributed by atoms with Crippen LogP contribution >= 0.6 is 11.8 Å². The summed E-state index contributed by atoms with van der Waals surface area (Å²) in [5.74, 6) is -0.822. The molecule has 0 amide bonds. The summed E-state index contributed by atoms with van der Waals surface area (Å²) in [6, 6.07) is 7.05. The standard InChI is InChI=1S/C11H15NO2S/c1-12(2)10(11(13)14)8-4-6-9(15-3)7-5-8/h4-7,10H,1-3H3,(H,13,14). The number of hydrogen-bond donors (Lipinski definition) is 1. The van der Waals surface area contributed by atoms with E-state index in [-0.39, 0.29) is 0 Å². The topological polar surface area (TPSA) is 40.5 Å². The minimum atomic E-state index is -0.822. The molecule has 1 N–H and O–H groups in total. The number of aliphatic carboxylic acids is 1. The predicted octanol–water partition coefficient (Wildman–Crippen LogP) is 2.10. The predicted molar refractivity (Wildman–Crippen MR) is 62.3 cm³/mol. The maximum absolute atomic E-state index is 11.0. The van der Waals surface area contributed by atoms with Crippen molar-refractivity contribution in [1.29, 1.82) is 0 Å². The highest BCUT2D eigenvalue weighted by molar-refractivity contribution is 7.98. The van der Waals surface area contributed by atoms with Gasteiger partial charge in [-0.1, -0.05) is 12.1 Å². The Labute approximate surface area is 94.1 Å². The van der Waals surface area contributed by atoms with Crippen LogP contribution in [0.5, 0.6) is 0 Å². The van der Waals surface area contributed by atoms with Crippen molar-refractivity contribution >= 4 is 17.7 Å². The van der Waals surface area contributed by atoms with E-state index < -0.39 is 12.0 Å². The summed E-state index contributed by atoms with van der Waals surface area (Å²) in [5.41, 5.74) is 0.810. The van der Waals surface area contributed by atoms with Crippen LogP contribution in [0.4, 0.5) is 0 Å². The van der Waals surface area contributed by atoms with Crippen molar-refractivity contribution < 1.29 is 9.90 Å². The lowest BCUT2D eigenvalue weighted by Crippen LogP contribution is -2.27. The highest BCUT2D eigenvalue weighted by Crippen LogP contribution is 2.22. The zero-order chi connectivity index (χ0) is 11.4. The molecule has 0 saturated heterocycles. The zero-order valence-electron chi connectivity index (χ0n) is 9.10. The van der Waals surface area contributed by atoms with Crippen LogP contribution in [0, 0.1) is 0 Å². The van der Waals surface area contributed by atoms with Crippen LogP contribution in [-0.4, -0.2) is 36.3 Å². The van der Waals surface area contributed by atoms with Gasteiger partial charge in [-0.25, -0.2) is 0 Å². The molecule has 0 bridgehead atoms. The summed E-state index contributed by atoms with van der Waals surface area (Å²) in [5, 5.41) is 9.08. The first-order valence-electron chi connectivity index (χ1n) is 4.59. The third kappa shape index (κ3) is 2.97. The van der Waals surface area contributed by atoms with Crippen molar-refractivity contribution in [3.05, 3.63) is 29.8 Å². The maximum atomic E-state index is 11.0. The Morgan fingerprint density at radius 3 is 2.20 bits per heavy atom. The van der Waals surface area contributed by atoms with Gasteiger partial charge in [0, 0.05) is 4.90 Å². The van der Waals surface area contributed by atoms with Gasteiger partial charge in [-0.05, 0) is 38.0 Å². The van der Waals surface area contributed by atoms with Crippen molar-refractivity contribution in [1.82, 2.24) is 4.90 Å². The second-order valence-electron chi connectivity index (χ2n) is 3.48. The molecule has 1 aromatic rings. The number of carboxylic acid groups (broad SMARTS) is 1. The number of nitrogens with zero attached hydrogens (tertiary/aromatic N) is 1. The minimum absolute atomic E-state index is 0.569. The molecule has 0 aliphatic carbocycles. The number of benzene rings is 1. The van der Waals surface area contributed by atoms with Crippen molar-refractivity contribution in [3.63, 3.8) is 0 Å². The number of thioether (sulfide) groups is 1. The second kappa shape index (κ2) is 5.19. The molecule has 1 aromatic carbocycles. The lowest BCUT2D eigenvalue weighted by Gasteiger charge is -2.20. The highest BCUT2D eigenvalue weighted by Gasteiger charge is 2.21. The molecular formula is C11H15NO2S. The van der Waals surface area contributed by atoms with Crippen molar-refractivity contribution in [2.45, 2.75) is 10.9 Å². The third-order valence-corrected chi connectivity index (χ3v) is 2.93. The van der Waals surface area contributed by atoms with Crippen LogP contribution in [0.25, 0.3) is 0 Å². The largest absolute Gasteiger partial charge is 0.480 e. The molecular weight excluding hydrogens is 210 g/mol. The Hall–Kier alpha value is -1.00. The van der Waals surface area contributed by atoms with E-state index in [0.29, 0.717) is 0 Å². The summed E-state index contributed by atoms with van der Waals surface area (Å²) in [6.45, 7) is 0. The van der Waals surface area contributed by atoms with E-state index >= 15 is 0 Å². The van der Waals surface area contributed by atoms with Gasteiger partial charge in [-0.2, -0.15) is 0 Å². The van der Waals surface area contributed by atoms with E-state index in [1.165, 1.54) is 0 Å². The molecule has 4 heteroatoms. The minimum Gasteiger partial charge on any atom is -0.480 e. The number of rotatable bonds is 4. The summed E-state index contributed by atoms with van der Waals surface area (Å²) in [6.07, 6.45) is 2.00. The molecule has 0 radical (unpaired) electrons. The molecule has 0 saturated carbocycles. The quantitative estimate of drug-likeness (QED) is 0.797. The fourth-order valence-electron chi connectivity index (χ4n) is 1.45. The SMILES string of the molecule is CSc1ccc(C(C(=O)O)N(C)C)cc1. The second-order valence-corrected chi connectivity index (χ2v) is 4.36. The van der Waals surface area contributed by atoms with Gasteiger partial charge in [0.1, 0.15) is 6.04 Å². The van der Waals surface area contributed by atoms with Crippen molar-refractivity contribution in [2.24, 2.45) is 0 Å². The van der Waals surface area contributed by atoms with Crippen LogP contribution < -0.4 is 0 Å². The van der Waals surface area contributed by atoms with E-state index in [1.54, 1.807) is 30.8 Å². The lowest BCUT2D eigenvalue weighted by molar-refractivity contribution is -0.142.